The Morgan fingerprint density at radius 3 is 2.61 bits per heavy atom. The van der Waals surface area contributed by atoms with E-state index < -0.39 is 6.09 Å². The fourth-order valence-electron chi connectivity index (χ4n) is 2.40. The highest BCUT2D eigenvalue weighted by Gasteiger charge is 2.30. The second kappa shape index (κ2) is 6.58. The van der Waals surface area contributed by atoms with Gasteiger partial charge >= 0.3 is 6.09 Å². The number of hydrogen-bond donors (Lipinski definition) is 2. The van der Waals surface area contributed by atoms with E-state index in [1.807, 2.05) is 4.90 Å². The number of nitrogens with one attached hydrogen (secondary N) is 1. The Morgan fingerprint density at radius 2 is 2.11 bits per heavy atom. The minimum atomic E-state index is -0.427. The third-order valence-corrected chi connectivity index (χ3v) is 3.39. The van der Waals surface area contributed by atoms with Gasteiger partial charge in [0.2, 0.25) is 5.91 Å². The molecular weight excluding hydrogens is 234 g/mol. The van der Waals surface area contributed by atoms with E-state index in [1.165, 1.54) is 7.11 Å². The van der Waals surface area contributed by atoms with E-state index in [0.29, 0.717) is 18.4 Å². The van der Waals surface area contributed by atoms with Crippen LogP contribution in [0, 0.1) is 11.8 Å². The summed E-state index contributed by atoms with van der Waals surface area (Å²) in [7, 11) is 1.35. The highest BCUT2D eigenvalue weighted by atomic mass is 16.5. The van der Waals surface area contributed by atoms with Gasteiger partial charge in [0.05, 0.1) is 13.7 Å². The highest BCUT2D eigenvalue weighted by molar-refractivity contribution is 5.76. The second-order valence-electron chi connectivity index (χ2n) is 5.23. The minimum Gasteiger partial charge on any atom is -0.453 e. The van der Waals surface area contributed by atoms with Gasteiger partial charge in [-0.3, -0.25) is 9.69 Å². The Bertz CT molecular complexity index is 307. The SMILES string of the molecule is COC(=O)NC1CC(C(C)C)CN(CC(N)=O)C1. The molecule has 0 radical (unpaired) electrons. The van der Waals surface area contributed by atoms with Crippen molar-refractivity contribution in [2.75, 3.05) is 26.7 Å². The molecule has 1 fully saturated rings. The summed E-state index contributed by atoms with van der Waals surface area (Å²) in [5.41, 5.74) is 5.23. The van der Waals surface area contributed by atoms with Crippen molar-refractivity contribution in [2.24, 2.45) is 17.6 Å². The van der Waals surface area contributed by atoms with Gasteiger partial charge in [-0.15, -0.1) is 0 Å². The molecule has 0 aromatic heterocycles. The molecule has 2 unspecified atom stereocenters. The maximum Gasteiger partial charge on any atom is 0.407 e. The van der Waals surface area contributed by atoms with Crippen molar-refractivity contribution in [2.45, 2.75) is 26.3 Å². The lowest BCUT2D eigenvalue weighted by Crippen LogP contribution is -2.53. The summed E-state index contributed by atoms with van der Waals surface area (Å²) in [5.74, 6) is 0.610. The molecule has 0 saturated carbocycles. The van der Waals surface area contributed by atoms with Gasteiger partial charge in [-0.2, -0.15) is 0 Å². The first-order valence-corrected chi connectivity index (χ1v) is 6.27. The first-order valence-electron chi connectivity index (χ1n) is 6.27. The van der Waals surface area contributed by atoms with Gasteiger partial charge in [-0.05, 0) is 18.3 Å². The summed E-state index contributed by atoms with van der Waals surface area (Å²) in [6, 6.07) is 0.0120. The molecule has 1 heterocycles. The summed E-state index contributed by atoms with van der Waals surface area (Å²) < 4.78 is 4.60. The molecule has 104 valence electrons. The van der Waals surface area contributed by atoms with E-state index in [9.17, 15) is 9.59 Å². The van der Waals surface area contributed by atoms with E-state index in [4.69, 9.17) is 5.73 Å². The fraction of sp³-hybridized carbons (Fsp3) is 0.833. The second-order valence-corrected chi connectivity index (χ2v) is 5.23. The van der Waals surface area contributed by atoms with Gasteiger partial charge < -0.3 is 15.8 Å². The van der Waals surface area contributed by atoms with E-state index in [0.717, 1.165) is 13.0 Å². The van der Waals surface area contributed by atoms with Crippen molar-refractivity contribution in [3.63, 3.8) is 0 Å². The number of primary amides is 1. The number of ether oxygens (including phenoxy) is 1. The molecule has 3 N–H and O–H groups in total. The Balaban J connectivity index is 2.61. The van der Waals surface area contributed by atoms with Crippen molar-refractivity contribution in [3.8, 4) is 0 Å². The number of nitrogens with two attached hydrogens (primary N) is 1. The molecule has 6 heteroatoms. The zero-order chi connectivity index (χ0) is 13.7. The zero-order valence-electron chi connectivity index (χ0n) is 11.3. The molecule has 0 bridgehead atoms. The largest absolute Gasteiger partial charge is 0.453 e. The highest BCUT2D eigenvalue weighted by Crippen LogP contribution is 2.23. The van der Waals surface area contributed by atoms with Gasteiger partial charge in [0.25, 0.3) is 0 Å². The maximum atomic E-state index is 11.2. The minimum absolute atomic E-state index is 0.0120. The van der Waals surface area contributed by atoms with Gasteiger partial charge in [-0.1, -0.05) is 13.8 Å². The van der Waals surface area contributed by atoms with Crippen LogP contribution in [0.2, 0.25) is 0 Å². The normalized spacial score (nSPS) is 24.9. The Morgan fingerprint density at radius 1 is 1.44 bits per heavy atom. The van der Waals surface area contributed by atoms with Crippen LogP contribution in [0.1, 0.15) is 20.3 Å². The lowest BCUT2D eigenvalue weighted by Gasteiger charge is -2.38. The summed E-state index contributed by atoms with van der Waals surface area (Å²) in [6.45, 7) is 6.02. The Labute approximate surface area is 108 Å². The summed E-state index contributed by atoms with van der Waals surface area (Å²) in [4.78, 5) is 24.2. The van der Waals surface area contributed by atoms with Crippen LogP contribution in [0.25, 0.3) is 0 Å². The lowest BCUT2D eigenvalue weighted by atomic mass is 9.85. The van der Waals surface area contributed by atoms with Crippen molar-refractivity contribution >= 4 is 12.0 Å². The topological polar surface area (TPSA) is 84.7 Å². The third kappa shape index (κ3) is 4.52. The van der Waals surface area contributed by atoms with Crippen LogP contribution in [-0.4, -0.2) is 49.7 Å². The quantitative estimate of drug-likeness (QED) is 0.752. The number of alkyl carbamates (subject to hydrolysis) is 1. The van der Waals surface area contributed by atoms with E-state index >= 15 is 0 Å². The molecule has 0 aromatic rings. The zero-order valence-corrected chi connectivity index (χ0v) is 11.3. The number of amides is 2. The number of carbonyl (C=O) groups is 2. The molecule has 0 aliphatic carbocycles. The number of rotatable bonds is 4. The number of hydrogen-bond acceptors (Lipinski definition) is 4. The molecule has 6 nitrogen and oxygen atoms in total. The molecule has 0 aromatic carbocycles. The van der Waals surface area contributed by atoms with Crippen molar-refractivity contribution in [1.29, 1.82) is 0 Å². The van der Waals surface area contributed by atoms with Crippen LogP contribution in [0.5, 0.6) is 0 Å². The van der Waals surface area contributed by atoms with Crippen LogP contribution in [0.15, 0.2) is 0 Å². The Hall–Kier alpha value is -1.30. The molecule has 18 heavy (non-hydrogen) atoms. The van der Waals surface area contributed by atoms with E-state index in [-0.39, 0.29) is 18.5 Å². The number of likely N-dealkylation sites (tertiary alicyclic amines) is 1. The van der Waals surface area contributed by atoms with E-state index in [1.54, 1.807) is 0 Å². The van der Waals surface area contributed by atoms with E-state index in [2.05, 4.69) is 23.9 Å². The number of piperidine rings is 1. The summed E-state index contributed by atoms with van der Waals surface area (Å²) in [5, 5.41) is 2.80. The van der Waals surface area contributed by atoms with Crippen molar-refractivity contribution < 1.29 is 14.3 Å². The average molecular weight is 257 g/mol. The van der Waals surface area contributed by atoms with Gasteiger partial charge in [0.1, 0.15) is 0 Å². The molecule has 1 rings (SSSR count). The summed E-state index contributed by atoms with van der Waals surface area (Å²) >= 11 is 0. The third-order valence-electron chi connectivity index (χ3n) is 3.39. The molecule has 2 atom stereocenters. The van der Waals surface area contributed by atoms with Crippen LogP contribution in [-0.2, 0) is 9.53 Å². The van der Waals surface area contributed by atoms with Crippen LogP contribution in [0.3, 0.4) is 0 Å². The predicted molar refractivity (Wildman–Crippen MR) is 67.9 cm³/mol. The molecule has 1 aliphatic rings. The number of nitrogens with zero attached hydrogens (tertiary/aromatic N) is 1. The Kier molecular flexibility index (Phi) is 5.40. The smallest absolute Gasteiger partial charge is 0.407 e. The average Bonchev–Trinajstić information content (AvgIpc) is 2.27. The van der Waals surface area contributed by atoms with Crippen molar-refractivity contribution in [1.82, 2.24) is 10.2 Å². The fourth-order valence-corrected chi connectivity index (χ4v) is 2.40. The maximum absolute atomic E-state index is 11.2. The molecular formula is C12H23N3O3. The lowest BCUT2D eigenvalue weighted by molar-refractivity contribution is -0.119. The number of carbonyl (C=O) groups excluding carboxylic acids is 2. The monoisotopic (exact) mass is 257 g/mol. The van der Waals surface area contributed by atoms with Crippen LogP contribution < -0.4 is 11.1 Å². The molecule has 0 spiro atoms. The number of methoxy groups -OCH3 is 1. The first-order chi connectivity index (χ1) is 8.42. The standard InChI is InChI=1S/C12H23N3O3/c1-8(2)9-4-10(14-12(17)18-3)6-15(5-9)7-11(13)16/h8-10H,4-7H2,1-3H3,(H2,13,16)(H,14,17). The van der Waals surface area contributed by atoms with Crippen LogP contribution in [0.4, 0.5) is 4.79 Å². The first kappa shape index (κ1) is 14.8. The van der Waals surface area contributed by atoms with Crippen LogP contribution >= 0.6 is 0 Å². The predicted octanol–water partition coefficient (Wildman–Crippen LogP) is 0.174. The molecule has 1 aliphatic heterocycles. The van der Waals surface area contributed by atoms with Crippen molar-refractivity contribution in [3.05, 3.63) is 0 Å². The van der Waals surface area contributed by atoms with Gasteiger partial charge in [0.15, 0.2) is 0 Å². The van der Waals surface area contributed by atoms with Gasteiger partial charge in [0, 0.05) is 19.1 Å². The molecule has 1 saturated heterocycles. The van der Waals surface area contributed by atoms with Gasteiger partial charge in [-0.25, -0.2) is 4.79 Å². The summed E-state index contributed by atoms with van der Waals surface area (Å²) in [6.07, 6.45) is 0.477. The molecule has 2 amide bonds.